The van der Waals surface area contributed by atoms with Gasteiger partial charge in [-0.3, -0.25) is 4.79 Å². The number of carboxylic acid groups (broad SMARTS) is 1. The monoisotopic (exact) mass is 457 g/mol. The van der Waals surface area contributed by atoms with Crippen molar-refractivity contribution in [3.63, 3.8) is 0 Å². The van der Waals surface area contributed by atoms with Gasteiger partial charge in [0.2, 0.25) is 6.23 Å². The van der Waals surface area contributed by atoms with Gasteiger partial charge in [0.1, 0.15) is 0 Å². The molecule has 0 aliphatic carbocycles. The van der Waals surface area contributed by atoms with Crippen LogP contribution in [0.2, 0.25) is 0 Å². The van der Waals surface area contributed by atoms with Crippen molar-refractivity contribution in [2.24, 2.45) is 0 Å². The Bertz CT molecular complexity index is 1460. The summed E-state index contributed by atoms with van der Waals surface area (Å²) in [6, 6.07) is 22.5. The van der Waals surface area contributed by atoms with Crippen LogP contribution in [0.1, 0.15) is 30.1 Å². The number of benzene rings is 3. The van der Waals surface area contributed by atoms with Gasteiger partial charge in [0.15, 0.2) is 22.9 Å². The van der Waals surface area contributed by atoms with Crippen LogP contribution in [0.25, 0.3) is 32.8 Å². The van der Waals surface area contributed by atoms with E-state index >= 15 is 0 Å². The third-order valence-corrected chi connectivity index (χ3v) is 5.74. The predicted molar refractivity (Wildman–Crippen MR) is 128 cm³/mol. The Morgan fingerprint density at radius 2 is 1.62 bits per heavy atom. The van der Waals surface area contributed by atoms with E-state index in [0.717, 1.165) is 27.2 Å². The second-order valence-corrected chi connectivity index (χ2v) is 8.01. The van der Waals surface area contributed by atoms with Gasteiger partial charge in [0, 0.05) is 29.5 Å². The maximum atomic E-state index is 12.2. The first-order valence-electron chi connectivity index (χ1n) is 11.0. The molecule has 0 bridgehead atoms. The minimum absolute atomic E-state index is 0.152. The van der Waals surface area contributed by atoms with Gasteiger partial charge in [0.05, 0.1) is 24.2 Å². The van der Waals surface area contributed by atoms with Crippen molar-refractivity contribution < 1.29 is 28.6 Å². The summed E-state index contributed by atoms with van der Waals surface area (Å²) >= 11 is 0. The SMILES string of the molecule is CC(=O)c1cc2cccc(OCCCOC(C(=O)O)n3c4ccccc4c4ccccc43)c2o1. The maximum absolute atomic E-state index is 12.2. The summed E-state index contributed by atoms with van der Waals surface area (Å²) in [5, 5.41) is 12.7. The summed E-state index contributed by atoms with van der Waals surface area (Å²) in [6.45, 7) is 1.94. The van der Waals surface area contributed by atoms with Gasteiger partial charge in [-0.05, 0) is 24.3 Å². The average molecular weight is 457 g/mol. The molecule has 2 aromatic heterocycles. The van der Waals surface area contributed by atoms with Gasteiger partial charge >= 0.3 is 5.97 Å². The van der Waals surface area contributed by atoms with Crippen molar-refractivity contribution in [1.82, 2.24) is 4.57 Å². The van der Waals surface area contributed by atoms with Crippen molar-refractivity contribution in [2.45, 2.75) is 19.6 Å². The van der Waals surface area contributed by atoms with E-state index in [0.29, 0.717) is 24.4 Å². The fraction of sp³-hybridized carbons (Fsp3) is 0.185. The van der Waals surface area contributed by atoms with Crippen LogP contribution in [0.15, 0.2) is 77.2 Å². The lowest BCUT2D eigenvalue weighted by atomic mass is 10.2. The number of hydrogen-bond donors (Lipinski definition) is 1. The molecule has 0 radical (unpaired) electrons. The maximum Gasteiger partial charge on any atom is 0.354 e. The molecule has 0 saturated heterocycles. The van der Waals surface area contributed by atoms with Gasteiger partial charge in [-0.15, -0.1) is 0 Å². The van der Waals surface area contributed by atoms with E-state index in [2.05, 4.69) is 0 Å². The molecule has 7 nitrogen and oxygen atoms in total. The number of carbonyl (C=O) groups is 2. The van der Waals surface area contributed by atoms with Crippen LogP contribution >= 0.6 is 0 Å². The Labute approximate surface area is 195 Å². The Hall–Kier alpha value is -4.10. The number of nitrogens with zero attached hydrogens (tertiary/aromatic N) is 1. The van der Waals surface area contributed by atoms with Crippen LogP contribution in [-0.2, 0) is 9.53 Å². The number of furan rings is 1. The number of carbonyl (C=O) groups excluding carboxylic acids is 1. The first kappa shape index (κ1) is 21.7. The van der Waals surface area contributed by atoms with Crippen molar-refractivity contribution in [2.75, 3.05) is 13.2 Å². The van der Waals surface area contributed by atoms with Gasteiger partial charge in [-0.1, -0.05) is 48.5 Å². The van der Waals surface area contributed by atoms with Crippen molar-refractivity contribution >= 4 is 44.5 Å². The molecular weight excluding hydrogens is 434 g/mol. The minimum atomic E-state index is -1.17. The van der Waals surface area contributed by atoms with Crippen LogP contribution < -0.4 is 4.74 Å². The molecular formula is C27H23NO6. The summed E-state index contributed by atoms with van der Waals surface area (Å²) < 4.78 is 19.0. The summed E-state index contributed by atoms with van der Waals surface area (Å²) in [6.07, 6.45) is -0.700. The van der Waals surface area contributed by atoms with Gasteiger partial charge in [0.25, 0.3) is 0 Å². The number of para-hydroxylation sites is 3. The number of ketones is 1. The van der Waals surface area contributed by atoms with E-state index in [-0.39, 0.29) is 18.2 Å². The standard InChI is InChI=1S/C27H23NO6/c1-17(29)24-16-18-8-6-13-23(25(18)34-24)32-14-7-15-33-26(27(30)31)28-21-11-4-2-9-19(21)20-10-3-5-12-22(20)28/h2-6,8-13,16,26H,7,14-15H2,1H3,(H,30,31). The largest absolute Gasteiger partial charge is 0.490 e. The average Bonchev–Trinajstić information content (AvgIpc) is 3.42. The fourth-order valence-electron chi connectivity index (χ4n) is 4.22. The molecule has 1 unspecified atom stereocenters. The second-order valence-electron chi connectivity index (χ2n) is 8.01. The van der Waals surface area contributed by atoms with E-state index in [1.165, 1.54) is 6.92 Å². The normalized spacial score (nSPS) is 12.4. The zero-order valence-corrected chi connectivity index (χ0v) is 18.6. The summed E-state index contributed by atoms with van der Waals surface area (Å²) in [5.41, 5.74) is 2.12. The Kier molecular flexibility index (Phi) is 5.77. The molecule has 172 valence electrons. The molecule has 5 rings (SSSR count). The highest BCUT2D eigenvalue weighted by molar-refractivity contribution is 6.08. The number of fused-ring (bicyclic) bond motifs is 4. The second kappa shape index (κ2) is 9.03. The van der Waals surface area contributed by atoms with Crippen LogP contribution in [0.4, 0.5) is 0 Å². The molecule has 1 atom stereocenters. The minimum Gasteiger partial charge on any atom is -0.490 e. The molecule has 0 aliphatic heterocycles. The highest BCUT2D eigenvalue weighted by Gasteiger charge is 2.24. The highest BCUT2D eigenvalue weighted by atomic mass is 16.5. The molecule has 0 fully saturated rings. The van der Waals surface area contributed by atoms with Crippen molar-refractivity contribution in [1.29, 1.82) is 0 Å². The molecule has 0 amide bonds. The first-order valence-corrected chi connectivity index (χ1v) is 11.0. The molecule has 1 N–H and O–H groups in total. The number of ether oxygens (including phenoxy) is 2. The Morgan fingerprint density at radius 3 is 2.26 bits per heavy atom. The molecule has 2 heterocycles. The van der Waals surface area contributed by atoms with Crippen LogP contribution in [0, 0.1) is 0 Å². The first-order chi connectivity index (χ1) is 16.5. The molecule has 3 aromatic carbocycles. The number of rotatable bonds is 9. The lowest BCUT2D eigenvalue weighted by Gasteiger charge is -2.18. The number of carboxylic acids is 1. The van der Waals surface area contributed by atoms with E-state index in [9.17, 15) is 14.7 Å². The summed E-state index contributed by atoms with van der Waals surface area (Å²) in [5.74, 6) is -0.406. The smallest absolute Gasteiger partial charge is 0.354 e. The Morgan fingerprint density at radius 1 is 0.941 bits per heavy atom. The van der Waals surface area contributed by atoms with Crippen LogP contribution in [-0.4, -0.2) is 34.6 Å². The number of aliphatic carboxylic acids is 1. The van der Waals surface area contributed by atoms with E-state index in [1.54, 1.807) is 16.7 Å². The zero-order valence-electron chi connectivity index (χ0n) is 18.6. The van der Waals surface area contributed by atoms with E-state index < -0.39 is 12.2 Å². The summed E-state index contributed by atoms with van der Waals surface area (Å²) in [4.78, 5) is 23.8. The third-order valence-electron chi connectivity index (χ3n) is 5.74. The number of Topliss-reactive ketones (excluding diaryl/α,β-unsaturated/α-hetero) is 1. The highest BCUT2D eigenvalue weighted by Crippen LogP contribution is 2.32. The van der Waals surface area contributed by atoms with Crippen molar-refractivity contribution in [3.8, 4) is 5.75 Å². The molecule has 5 aromatic rings. The van der Waals surface area contributed by atoms with Gasteiger partial charge in [-0.2, -0.15) is 0 Å². The predicted octanol–water partition coefficient (Wildman–Crippen LogP) is 5.81. The third kappa shape index (κ3) is 3.91. The zero-order chi connectivity index (χ0) is 23.7. The molecule has 7 heteroatoms. The molecule has 0 aliphatic rings. The number of aromatic nitrogens is 1. The fourth-order valence-corrected chi connectivity index (χ4v) is 4.22. The van der Waals surface area contributed by atoms with E-state index in [4.69, 9.17) is 13.9 Å². The Balaban J connectivity index is 1.30. The number of hydrogen-bond acceptors (Lipinski definition) is 5. The van der Waals surface area contributed by atoms with Crippen molar-refractivity contribution in [3.05, 3.63) is 78.6 Å². The lowest BCUT2D eigenvalue weighted by Crippen LogP contribution is -2.23. The molecule has 34 heavy (non-hydrogen) atoms. The molecule has 0 saturated carbocycles. The summed E-state index contributed by atoms with van der Waals surface area (Å²) in [7, 11) is 0. The van der Waals surface area contributed by atoms with Gasteiger partial charge in [-0.25, -0.2) is 4.79 Å². The topological polar surface area (TPSA) is 90.9 Å². The quantitative estimate of drug-likeness (QED) is 0.222. The van der Waals surface area contributed by atoms with Crippen LogP contribution in [0.5, 0.6) is 5.75 Å². The lowest BCUT2D eigenvalue weighted by molar-refractivity contribution is -0.156. The van der Waals surface area contributed by atoms with Gasteiger partial charge < -0.3 is 23.6 Å². The van der Waals surface area contributed by atoms with Crippen LogP contribution in [0.3, 0.4) is 0 Å². The van der Waals surface area contributed by atoms with E-state index in [1.807, 2.05) is 60.7 Å². The molecule has 0 spiro atoms.